The lowest BCUT2D eigenvalue weighted by Crippen LogP contribution is -2.08. The Bertz CT molecular complexity index is 1320. The smallest absolute Gasteiger partial charge is 0.197 e. The van der Waals surface area contributed by atoms with E-state index in [9.17, 15) is 0 Å². The molecule has 3 aromatic heterocycles. The van der Waals surface area contributed by atoms with Gasteiger partial charge in [0.15, 0.2) is 11.3 Å². The first-order chi connectivity index (χ1) is 14.2. The Labute approximate surface area is 168 Å². The quantitative estimate of drug-likeness (QED) is 0.469. The fourth-order valence-electron chi connectivity index (χ4n) is 3.45. The Morgan fingerprint density at radius 3 is 2.76 bits per heavy atom. The van der Waals surface area contributed by atoms with Crippen LogP contribution >= 0.6 is 0 Å². The molecule has 0 bridgehead atoms. The SMILES string of the molecule is CN(C)c1cccc(-c2cnc3ncn(Cc4ccc5ncccc5c4)c3n2)c1. The molecule has 3 heterocycles. The fourth-order valence-corrected chi connectivity index (χ4v) is 3.45. The highest BCUT2D eigenvalue weighted by atomic mass is 15.1. The largest absolute Gasteiger partial charge is 0.378 e. The second-order valence-electron chi connectivity index (χ2n) is 7.25. The van der Waals surface area contributed by atoms with Gasteiger partial charge in [-0.1, -0.05) is 24.3 Å². The van der Waals surface area contributed by atoms with E-state index in [4.69, 9.17) is 4.98 Å². The van der Waals surface area contributed by atoms with Crippen LogP contribution in [-0.4, -0.2) is 38.6 Å². The van der Waals surface area contributed by atoms with Crippen molar-refractivity contribution in [3.63, 3.8) is 0 Å². The van der Waals surface area contributed by atoms with E-state index in [1.807, 2.05) is 43.1 Å². The van der Waals surface area contributed by atoms with Crippen LogP contribution in [0.5, 0.6) is 0 Å². The van der Waals surface area contributed by atoms with Crippen molar-refractivity contribution in [3.8, 4) is 11.3 Å². The van der Waals surface area contributed by atoms with Gasteiger partial charge in [-0.15, -0.1) is 0 Å². The van der Waals surface area contributed by atoms with Crippen molar-refractivity contribution in [1.29, 1.82) is 0 Å². The van der Waals surface area contributed by atoms with Crippen molar-refractivity contribution < 1.29 is 0 Å². The molecule has 0 unspecified atom stereocenters. The summed E-state index contributed by atoms with van der Waals surface area (Å²) in [7, 11) is 4.06. The van der Waals surface area contributed by atoms with Gasteiger partial charge in [0.25, 0.3) is 0 Å². The summed E-state index contributed by atoms with van der Waals surface area (Å²) in [5.74, 6) is 0. The summed E-state index contributed by atoms with van der Waals surface area (Å²) in [6.07, 6.45) is 5.40. The molecule has 29 heavy (non-hydrogen) atoms. The molecule has 5 aromatic rings. The van der Waals surface area contributed by atoms with Gasteiger partial charge in [0.05, 0.1) is 30.3 Å². The molecule has 0 aliphatic carbocycles. The van der Waals surface area contributed by atoms with Crippen LogP contribution < -0.4 is 4.90 Å². The molecule has 142 valence electrons. The molecular weight excluding hydrogens is 360 g/mol. The van der Waals surface area contributed by atoms with Crippen molar-refractivity contribution in [1.82, 2.24) is 24.5 Å². The Morgan fingerprint density at radius 1 is 0.931 bits per heavy atom. The van der Waals surface area contributed by atoms with Gasteiger partial charge in [-0.05, 0) is 35.9 Å². The van der Waals surface area contributed by atoms with Gasteiger partial charge in [-0.2, -0.15) is 0 Å². The summed E-state index contributed by atoms with van der Waals surface area (Å²) in [4.78, 5) is 20.3. The minimum Gasteiger partial charge on any atom is -0.378 e. The van der Waals surface area contributed by atoms with Crippen LogP contribution in [0.3, 0.4) is 0 Å². The third-order valence-corrected chi connectivity index (χ3v) is 5.01. The zero-order valence-electron chi connectivity index (χ0n) is 16.3. The molecule has 2 aromatic carbocycles. The molecule has 0 spiro atoms. The summed E-state index contributed by atoms with van der Waals surface area (Å²) < 4.78 is 2.04. The second kappa shape index (κ2) is 6.98. The minimum absolute atomic E-state index is 0.653. The maximum absolute atomic E-state index is 4.87. The van der Waals surface area contributed by atoms with Crippen molar-refractivity contribution in [3.05, 3.63) is 78.9 Å². The molecule has 0 saturated heterocycles. The number of hydrogen-bond donors (Lipinski definition) is 0. The first kappa shape index (κ1) is 17.3. The van der Waals surface area contributed by atoms with Crippen LogP contribution in [0.4, 0.5) is 5.69 Å². The van der Waals surface area contributed by atoms with Crippen LogP contribution in [0.25, 0.3) is 33.5 Å². The van der Waals surface area contributed by atoms with Crippen LogP contribution in [0, 0.1) is 0 Å². The van der Waals surface area contributed by atoms with E-state index >= 15 is 0 Å². The summed E-state index contributed by atoms with van der Waals surface area (Å²) in [5.41, 5.74) is 6.61. The predicted molar refractivity (Wildman–Crippen MR) is 116 cm³/mol. The lowest BCUT2D eigenvalue weighted by Gasteiger charge is -2.13. The van der Waals surface area contributed by atoms with Gasteiger partial charge in [0, 0.05) is 36.9 Å². The Balaban J connectivity index is 1.53. The number of fused-ring (bicyclic) bond motifs is 2. The Hall–Kier alpha value is -3.80. The van der Waals surface area contributed by atoms with E-state index in [-0.39, 0.29) is 0 Å². The van der Waals surface area contributed by atoms with Crippen molar-refractivity contribution in [2.45, 2.75) is 6.54 Å². The number of benzene rings is 2. The topological polar surface area (TPSA) is 59.7 Å². The van der Waals surface area contributed by atoms with Crippen molar-refractivity contribution >= 4 is 27.9 Å². The standard InChI is InChI=1S/C23H20N6/c1-28(2)19-7-3-5-18(12-19)21-13-25-22-23(27-21)29(15-26-22)14-16-8-9-20-17(11-16)6-4-10-24-20/h3-13,15H,14H2,1-2H3. The number of imidazole rings is 1. The van der Waals surface area contributed by atoms with E-state index < -0.39 is 0 Å². The maximum Gasteiger partial charge on any atom is 0.197 e. The molecular formula is C23H20N6. The molecule has 0 fully saturated rings. The molecule has 0 saturated carbocycles. The number of anilines is 1. The van der Waals surface area contributed by atoms with Gasteiger partial charge in [0.1, 0.15) is 0 Å². The second-order valence-corrected chi connectivity index (χ2v) is 7.25. The normalized spacial score (nSPS) is 11.2. The minimum atomic E-state index is 0.653. The molecule has 6 heteroatoms. The number of aromatic nitrogens is 5. The molecule has 5 rings (SSSR count). The molecule has 6 nitrogen and oxygen atoms in total. The molecule has 0 N–H and O–H groups in total. The number of hydrogen-bond acceptors (Lipinski definition) is 5. The van der Waals surface area contributed by atoms with E-state index in [1.54, 1.807) is 12.5 Å². The number of pyridine rings is 1. The molecule has 0 radical (unpaired) electrons. The highest BCUT2D eigenvalue weighted by molar-refractivity contribution is 5.79. The third-order valence-electron chi connectivity index (χ3n) is 5.01. The predicted octanol–water partition coefficient (Wildman–Crippen LogP) is 4.16. The van der Waals surface area contributed by atoms with Crippen LogP contribution in [-0.2, 0) is 6.54 Å². The van der Waals surface area contributed by atoms with Gasteiger partial charge in [-0.3, -0.25) is 4.98 Å². The van der Waals surface area contributed by atoms with Crippen molar-refractivity contribution in [2.24, 2.45) is 0 Å². The fraction of sp³-hybridized carbons (Fsp3) is 0.130. The first-order valence-corrected chi connectivity index (χ1v) is 9.47. The van der Waals surface area contributed by atoms with Crippen LogP contribution in [0.2, 0.25) is 0 Å². The van der Waals surface area contributed by atoms with E-state index in [0.29, 0.717) is 12.2 Å². The highest BCUT2D eigenvalue weighted by Crippen LogP contribution is 2.24. The zero-order valence-corrected chi connectivity index (χ0v) is 16.3. The lowest BCUT2D eigenvalue weighted by molar-refractivity contribution is 0.815. The number of nitrogens with zero attached hydrogens (tertiary/aromatic N) is 6. The van der Waals surface area contributed by atoms with Gasteiger partial charge < -0.3 is 9.47 Å². The summed E-state index contributed by atoms with van der Waals surface area (Å²) in [6, 6.07) is 18.6. The van der Waals surface area contributed by atoms with E-state index in [1.165, 1.54) is 5.56 Å². The average Bonchev–Trinajstić information content (AvgIpc) is 3.15. The molecule has 0 amide bonds. The zero-order chi connectivity index (χ0) is 19.8. The monoisotopic (exact) mass is 380 g/mol. The summed E-state index contributed by atoms with van der Waals surface area (Å²) in [5, 5.41) is 1.13. The lowest BCUT2D eigenvalue weighted by atomic mass is 10.1. The van der Waals surface area contributed by atoms with Crippen molar-refractivity contribution in [2.75, 3.05) is 19.0 Å². The Kier molecular flexibility index (Phi) is 4.17. The summed E-state index contributed by atoms with van der Waals surface area (Å²) in [6.45, 7) is 0.678. The van der Waals surface area contributed by atoms with E-state index in [2.05, 4.69) is 56.3 Å². The average molecular weight is 380 g/mol. The van der Waals surface area contributed by atoms with E-state index in [0.717, 1.165) is 33.5 Å². The summed E-state index contributed by atoms with van der Waals surface area (Å²) >= 11 is 0. The number of rotatable bonds is 4. The van der Waals surface area contributed by atoms with Gasteiger partial charge in [-0.25, -0.2) is 15.0 Å². The molecule has 0 aliphatic rings. The maximum atomic E-state index is 4.87. The molecule has 0 aliphatic heterocycles. The van der Waals surface area contributed by atoms with Gasteiger partial charge in [0.2, 0.25) is 0 Å². The Morgan fingerprint density at radius 2 is 1.86 bits per heavy atom. The molecule has 0 atom stereocenters. The van der Waals surface area contributed by atoms with Crippen LogP contribution in [0.1, 0.15) is 5.56 Å². The van der Waals surface area contributed by atoms with Gasteiger partial charge >= 0.3 is 0 Å². The third kappa shape index (κ3) is 3.29. The first-order valence-electron chi connectivity index (χ1n) is 9.47. The highest BCUT2D eigenvalue weighted by Gasteiger charge is 2.10. The van der Waals surface area contributed by atoms with Crippen LogP contribution in [0.15, 0.2) is 73.3 Å².